The van der Waals surface area contributed by atoms with Gasteiger partial charge in [-0.25, -0.2) is 9.79 Å². The first kappa shape index (κ1) is 26.3. The predicted molar refractivity (Wildman–Crippen MR) is 156 cm³/mol. The molecule has 9 heteroatoms. The average molecular weight is 654 g/mol. The highest BCUT2D eigenvalue weighted by Crippen LogP contribution is 2.36. The maximum absolute atomic E-state index is 14.0. The Balaban J connectivity index is 1.84. The molecule has 0 saturated heterocycles. The van der Waals surface area contributed by atoms with Gasteiger partial charge in [0.1, 0.15) is 5.75 Å². The van der Waals surface area contributed by atoms with Gasteiger partial charge in [-0.15, -0.1) is 0 Å². The van der Waals surface area contributed by atoms with E-state index >= 15 is 0 Å². The Bertz CT molecular complexity index is 1730. The number of thiazole rings is 1. The van der Waals surface area contributed by atoms with E-state index in [2.05, 4.69) is 31.9 Å². The summed E-state index contributed by atoms with van der Waals surface area (Å²) in [6.45, 7) is 1.96. The van der Waals surface area contributed by atoms with Gasteiger partial charge >= 0.3 is 5.97 Å². The van der Waals surface area contributed by atoms with Crippen molar-refractivity contribution >= 4 is 60.9 Å². The van der Waals surface area contributed by atoms with Gasteiger partial charge in [0.15, 0.2) is 4.80 Å². The molecule has 1 aromatic heterocycles. The van der Waals surface area contributed by atoms with Gasteiger partial charge in [-0.1, -0.05) is 87.9 Å². The molecule has 192 valence electrons. The van der Waals surface area contributed by atoms with Crippen molar-refractivity contribution in [3.05, 3.63) is 124 Å². The summed E-state index contributed by atoms with van der Waals surface area (Å²) < 4.78 is 14.7. The normalized spacial score (nSPS) is 15.2. The first-order valence-electron chi connectivity index (χ1n) is 11.8. The van der Waals surface area contributed by atoms with E-state index in [1.807, 2.05) is 72.8 Å². The molecule has 0 fully saturated rings. The van der Waals surface area contributed by atoms with E-state index in [4.69, 9.17) is 14.5 Å². The first-order chi connectivity index (χ1) is 18.4. The highest BCUT2D eigenvalue weighted by molar-refractivity contribution is 9.11. The number of benzene rings is 3. The molecule has 0 spiro atoms. The Kier molecular flexibility index (Phi) is 7.78. The van der Waals surface area contributed by atoms with Gasteiger partial charge in [-0.3, -0.25) is 9.36 Å². The second-order valence-electron chi connectivity index (χ2n) is 8.35. The van der Waals surface area contributed by atoms with E-state index < -0.39 is 12.0 Å². The summed E-state index contributed by atoms with van der Waals surface area (Å²) in [4.78, 5) is 32.8. The summed E-state index contributed by atoms with van der Waals surface area (Å²) in [6, 6.07) is 22.0. The lowest BCUT2D eigenvalue weighted by Crippen LogP contribution is -2.40. The van der Waals surface area contributed by atoms with Gasteiger partial charge in [0.25, 0.3) is 5.56 Å². The molecule has 1 atom stereocenters. The molecule has 5 rings (SSSR count). The van der Waals surface area contributed by atoms with E-state index in [1.165, 1.54) is 11.3 Å². The Labute approximate surface area is 239 Å². The molecule has 0 saturated carbocycles. The zero-order valence-corrected chi connectivity index (χ0v) is 24.5. The minimum Gasteiger partial charge on any atom is -0.495 e. The lowest BCUT2D eigenvalue weighted by Gasteiger charge is -2.25. The Morgan fingerprint density at radius 3 is 2.42 bits per heavy atom. The third-order valence-electron chi connectivity index (χ3n) is 6.02. The van der Waals surface area contributed by atoms with Crippen LogP contribution in [0.4, 0.5) is 0 Å². The number of rotatable bonds is 6. The fourth-order valence-electron chi connectivity index (χ4n) is 4.44. The van der Waals surface area contributed by atoms with E-state index in [1.54, 1.807) is 24.7 Å². The Morgan fingerprint density at radius 1 is 1.08 bits per heavy atom. The van der Waals surface area contributed by atoms with Crippen molar-refractivity contribution in [3.8, 4) is 5.75 Å². The number of halogens is 2. The molecule has 3 aromatic carbocycles. The summed E-state index contributed by atoms with van der Waals surface area (Å²) in [5.41, 5.74) is 2.85. The molecule has 0 radical (unpaired) electrons. The smallest absolute Gasteiger partial charge is 0.338 e. The molecule has 2 heterocycles. The molecular formula is C29H22Br2N2O4S. The van der Waals surface area contributed by atoms with Crippen LogP contribution in [0.25, 0.3) is 11.8 Å². The van der Waals surface area contributed by atoms with Crippen molar-refractivity contribution in [2.24, 2.45) is 4.99 Å². The number of carbonyl (C=O) groups is 1. The molecule has 38 heavy (non-hydrogen) atoms. The molecule has 0 unspecified atom stereocenters. The minimum absolute atomic E-state index is 0.202. The molecule has 0 aliphatic carbocycles. The lowest BCUT2D eigenvalue weighted by atomic mass is 9.93. The number of esters is 1. The van der Waals surface area contributed by atoms with Crippen LogP contribution in [-0.4, -0.2) is 24.3 Å². The summed E-state index contributed by atoms with van der Waals surface area (Å²) in [5.74, 6) is 0.103. The molecule has 0 N–H and O–H groups in total. The Morgan fingerprint density at radius 2 is 1.76 bits per heavy atom. The van der Waals surface area contributed by atoms with Crippen LogP contribution in [0.5, 0.6) is 5.75 Å². The maximum atomic E-state index is 14.0. The molecule has 0 amide bonds. The first-order valence-corrected chi connectivity index (χ1v) is 14.2. The minimum atomic E-state index is -0.708. The summed E-state index contributed by atoms with van der Waals surface area (Å²) in [7, 11) is 1.58. The third kappa shape index (κ3) is 4.93. The van der Waals surface area contributed by atoms with Gasteiger partial charge in [-0.05, 0) is 46.6 Å². The van der Waals surface area contributed by atoms with Gasteiger partial charge in [-0.2, -0.15) is 0 Å². The average Bonchev–Trinajstić information content (AvgIpc) is 3.23. The number of carbonyl (C=O) groups excluding carboxylic acids is 1. The lowest BCUT2D eigenvalue weighted by molar-refractivity contribution is -0.138. The van der Waals surface area contributed by atoms with E-state index in [9.17, 15) is 9.59 Å². The number of aromatic nitrogens is 1. The quantitative estimate of drug-likeness (QED) is 0.259. The van der Waals surface area contributed by atoms with Crippen molar-refractivity contribution in [1.29, 1.82) is 0 Å². The van der Waals surface area contributed by atoms with E-state index in [0.29, 0.717) is 26.4 Å². The molecule has 1 aliphatic rings. The highest BCUT2D eigenvalue weighted by Gasteiger charge is 2.35. The van der Waals surface area contributed by atoms with Crippen molar-refractivity contribution in [2.75, 3.05) is 13.7 Å². The largest absolute Gasteiger partial charge is 0.495 e. The second kappa shape index (κ2) is 11.2. The summed E-state index contributed by atoms with van der Waals surface area (Å²) in [6.07, 6.45) is 1.79. The maximum Gasteiger partial charge on any atom is 0.338 e. The third-order valence-corrected chi connectivity index (χ3v) is 8.05. The molecule has 0 bridgehead atoms. The molecule has 4 aromatic rings. The topological polar surface area (TPSA) is 69.9 Å². The number of fused-ring (bicyclic) bond motifs is 1. The monoisotopic (exact) mass is 652 g/mol. The highest BCUT2D eigenvalue weighted by atomic mass is 79.9. The summed E-state index contributed by atoms with van der Waals surface area (Å²) >= 11 is 8.31. The summed E-state index contributed by atoms with van der Waals surface area (Å²) in [5, 5.41) is 0. The van der Waals surface area contributed by atoms with Crippen LogP contribution >= 0.6 is 43.2 Å². The van der Waals surface area contributed by atoms with Crippen molar-refractivity contribution in [2.45, 2.75) is 13.0 Å². The van der Waals surface area contributed by atoms with Crippen LogP contribution in [0.15, 0.2) is 97.1 Å². The SMILES string of the molecule is CCOC(=O)C1=C(c2ccccc2)N=c2s/c(=C\c3cc(Br)cc(Br)c3OC)c(=O)n2[C@@H]1c1ccccc1. The van der Waals surface area contributed by atoms with Gasteiger partial charge < -0.3 is 9.47 Å². The number of ether oxygens (including phenoxy) is 2. The van der Waals surface area contributed by atoms with Crippen LogP contribution in [-0.2, 0) is 9.53 Å². The Hall–Kier alpha value is -3.27. The fraction of sp³-hybridized carbons (Fsp3) is 0.138. The molecule has 6 nitrogen and oxygen atoms in total. The van der Waals surface area contributed by atoms with Crippen LogP contribution in [0.1, 0.15) is 29.7 Å². The van der Waals surface area contributed by atoms with Crippen LogP contribution in [0.2, 0.25) is 0 Å². The van der Waals surface area contributed by atoms with Gasteiger partial charge in [0.2, 0.25) is 0 Å². The van der Waals surface area contributed by atoms with Crippen molar-refractivity contribution < 1.29 is 14.3 Å². The number of nitrogens with zero attached hydrogens (tertiary/aromatic N) is 2. The van der Waals surface area contributed by atoms with E-state index in [0.717, 1.165) is 25.6 Å². The van der Waals surface area contributed by atoms with Crippen molar-refractivity contribution in [3.63, 3.8) is 0 Å². The van der Waals surface area contributed by atoms with E-state index in [-0.39, 0.29) is 12.2 Å². The zero-order chi connectivity index (χ0) is 26.8. The molecule has 1 aliphatic heterocycles. The molecular weight excluding hydrogens is 632 g/mol. The second-order valence-corrected chi connectivity index (χ2v) is 11.1. The van der Waals surface area contributed by atoms with Gasteiger partial charge in [0.05, 0.1) is 40.0 Å². The van der Waals surface area contributed by atoms with Crippen molar-refractivity contribution in [1.82, 2.24) is 4.57 Å². The van der Waals surface area contributed by atoms with Crippen LogP contribution in [0, 0.1) is 0 Å². The zero-order valence-electron chi connectivity index (χ0n) is 20.5. The number of methoxy groups -OCH3 is 1. The standard InChI is InChI=1S/C29H22Br2N2O4S/c1-3-37-28(35)23-24(17-10-6-4-7-11-17)32-29-33(25(23)18-12-8-5-9-13-18)27(34)22(38-29)15-19-14-20(30)16-21(31)26(19)36-2/h4-16,25H,3H2,1-2H3/b22-15-/t25-/m1/s1. The number of hydrogen-bond acceptors (Lipinski definition) is 6. The number of hydrogen-bond donors (Lipinski definition) is 0. The van der Waals surface area contributed by atoms with Crippen LogP contribution < -0.4 is 19.6 Å². The van der Waals surface area contributed by atoms with Gasteiger partial charge in [0, 0.05) is 15.6 Å². The van der Waals surface area contributed by atoms with Crippen LogP contribution in [0.3, 0.4) is 0 Å². The fourth-order valence-corrected chi connectivity index (χ4v) is 6.85. The predicted octanol–water partition coefficient (Wildman–Crippen LogP) is 5.47.